The van der Waals surface area contributed by atoms with Crippen LogP contribution in [-0.2, 0) is 29.1 Å². The smallest absolute Gasteiger partial charge is 0.320 e. The third kappa shape index (κ3) is 5.41. The summed E-state index contributed by atoms with van der Waals surface area (Å²) in [6.45, 7) is 8.65. The summed E-state index contributed by atoms with van der Waals surface area (Å²) >= 11 is 0. The Labute approximate surface area is 155 Å². The highest BCUT2D eigenvalue weighted by Gasteiger charge is 2.19. The van der Waals surface area contributed by atoms with Crippen molar-refractivity contribution in [1.82, 2.24) is 19.4 Å². The van der Waals surface area contributed by atoms with Crippen molar-refractivity contribution in [1.29, 1.82) is 0 Å². The Kier molecular flexibility index (Phi) is 6.80. The number of piperazine rings is 1. The Morgan fingerprint density at radius 2 is 1.81 bits per heavy atom. The van der Waals surface area contributed by atoms with Gasteiger partial charge in [0, 0.05) is 58.1 Å². The molecule has 0 radical (unpaired) electrons. The summed E-state index contributed by atoms with van der Waals surface area (Å²) in [6.07, 6.45) is 4.89. The number of esters is 1. The molecule has 1 saturated heterocycles. The summed E-state index contributed by atoms with van der Waals surface area (Å²) in [4.78, 5) is 21.0. The Hall–Kier alpha value is -2.18. The van der Waals surface area contributed by atoms with Crippen molar-refractivity contribution in [2.75, 3.05) is 39.3 Å². The van der Waals surface area contributed by atoms with Crippen LogP contribution in [0.3, 0.4) is 0 Å². The molecule has 1 aromatic carbocycles. The van der Waals surface area contributed by atoms with Crippen molar-refractivity contribution >= 4 is 5.97 Å². The van der Waals surface area contributed by atoms with Crippen molar-refractivity contribution in [3.63, 3.8) is 0 Å². The summed E-state index contributed by atoms with van der Waals surface area (Å²) < 4.78 is 7.60. The zero-order valence-electron chi connectivity index (χ0n) is 15.5. The maximum Gasteiger partial charge on any atom is 0.320 e. The monoisotopic (exact) mass is 356 g/mol. The van der Waals surface area contributed by atoms with Crippen LogP contribution in [0.25, 0.3) is 0 Å². The first kappa shape index (κ1) is 18.6. The minimum atomic E-state index is -0.145. The molecule has 0 unspecified atom stereocenters. The van der Waals surface area contributed by atoms with Gasteiger partial charge in [0.1, 0.15) is 12.4 Å². The second-order valence-corrected chi connectivity index (χ2v) is 6.65. The molecular formula is C20H28N4O2. The fourth-order valence-electron chi connectivity index (χ4n) is 3.24. The van der Waals surface area contributed by atoms with Crippen molar-refractivity contribution in [2.45, 2.75) is 26.5 Å². The highest BCUT2D eigenvalue weighted by Crippen LogP contribution is 2.06. The molecule has 0 saturated carbocycles. The number of hydrogen-bond donors (Lipinski definition) is 0. The molecule has 2 heterocycles. The van der Waals surface area contributed by atoms with Gasteiger partial charge < -0.3 is 9.30 Å². The lowest BCUT2D eigenvalue weighted by Gasteiger charge is -2.34. The van der Waals surface area contributed by atoms with Crippen molar-refractivity contribution in [3.05, 3.63) is 54.1 Å². The molecule has 1 aliphatic heterocycles. The number of aryl methyl sites for hydroxylation is 1. The van der Waals surface area contributed by atoms with Crippen LogP contribution in [0.2, 0.25) is 0 Å². The summed E-state index contributed by atoms with van der Waals surface area (Å²) in [5.74, 6) is 0.998. The maximum absolute atomic E-state index is 12.0. The lowest BCUT2D eigenvalue weighted by atomic mass is 10.2. The molecule has 1 aromatic heterocycles. The summed E-state index contributed by atoms with van der Waals surface area (Å²) in [5.41, 5.74) is 1.02. The normalized spacial score (nSPS) is 15.9. The molecule has 6 heteroatoms. The molecule has 0 bridgehead atoms. The second-order valence-electron chi connectivity index (χ2n) is 6.65. The van der Waals surface area contributed by atoms with Gasteiger partial charge in [-0.3, -0.25) is 14.6 Å². The zero-order valence-corrected chi connectivity index (χ0v) is 15.5. The minimum Gasteiger partial charge on any atom is -0.460 e. The van der Waals surface area contributed by atoms with Crippen LogP contribution in [0.1, 0.15) is 18.3 Å². The summed E-state index contributed by atoms with van der Waals surface area (Å²) in [7, 11) is 0. The molecule has 0 aliphatic carbocycles. The van der Waals surface area contributed by atoms with Crippen LogP contribution < -0.4 is 0 Å². The molecule has 1 aliphatic rings. The van der Waals surface area contributed by atoms with Gasteiger partial charge in [-0.05, 0) is 5.56 Å². The van der Waals surface area contributed by atoms with E-state index in [0.29, 0.717) is 13.2 Å². The Bertz CT molecular complexity index is 678. The van der Waals surface area contributed by atoms with Crippen LogP contribution in [0.5, 0.6) is 0 Å². The number of rotatable bonds is 8. The molecule has 0 N–H and O–H groups in total. The lowest BCUT2D eigenvalue weighted by molar-refractivity contribution is -0.146. The van der Waals surface area contributed by atoms with Crippen LogP contribution in [-0.4, -0.2) is 64.6 Å². The van der Waals surface area contributed by atoms with E-state index in [2.05, 4.69) is 32.5 Å². The number of carbonyl (C=O) groups excluding carboxylic acids is 1. The third-order valence-electron chi connectivity index (χ3n) is 4.84. The highest BCUT2D eigenvalue weighted by molar-refractivity contribution is 5.71. The van der Waals surface area contributed by atoms with E-state index >= 15 is 0 Å². The quantitative estimate of drug-likeness (QED) is 0.675. The fourth-order valence-corrected chi connectivity index (χ4v) is 3.24. The van der Waals surface area contributed by atoms with Gasteiger partial charge in [-0.1, -0.05) is 37.3 Å². The van der Waals surface area contributed by atoms with Crippen LogP contribution in [0, 0.1) is 0 Å². The van der Waals surface area contributed by atoms with E-state index < -0.39 is 0 Å². The first-order chi connectivity index (χ1) is 12.7. The molecule has 6 nitrogen and oxygen atoms in total. The maximum atomic E-state index is 12.0. The number of hydrogen-bond acceptors (Lipinski definition) is 5. The number of imidazole rings is 1. The molecular weight excluding hydrogens is 328 g/mol. The molecule has 26 heavy (non-hydrogen) atoms. The van der Waals surface area contributed by atoms with Crippen LogP contribution >= 0.6 is 0 Å². The van der Waals surface area contributed by atoms with Gasteiger partial charge in [0.05, 0.1) is 6.54 Å². The molecule has 1 fully saturated rings. The molecule has 2 aromatic rings. The standard InChI is InChI=1S/C20H28N4O2/c1-2-19-21-8-9-24(19)15-14-22-10-12-23(13-11-22)16-20(25)26-17-18-6-4-3-5-7-18/h3-9H,2,10-17H2,1H3. The molecule has 0 spiro atoms. The van der Waals surface area contributed by atoms with Gasteiger partial charge in [0.2, 0.25) is 0 Å². The number of ether oxygens (including phenoxy) is 1. The topological polar surface area (TPSA) is 50.6 Å². The SMILES string of the molecule is CCc1nccn1CCN1CCN(CC(=O)OCc2ccccc2)CC1. The van der Waals surface area contributed by atoms with E-state index in [-0.39, 0.29) is 5.97 Å². The fraction of sp³-hybridized carbons (Fsp3) is 0.500. The number of aromatic nitrogens is 2. The minimum absolute atomic E-state index is 0.145. The van der Waals surface area contributed by atoms with Gasteiger partial charge in [-0.25, -0.2) is 4.98 Å². The van der Waals surface area contributed by atoms with E-state index in [4.69, 9.17) is 4.74 Å². The van der Waals surface area contributed by atoms with Gasteiger partial charge in [0.15, 0.2) is 0 Å². The first-order valence-electron chi connectivity index (χ1n) is 9.39. The van der Waals surface area contributed by atoms with Crippen LogP contribution in [0.15, 0.2) is 42.7 Å². The molecule has 140 valence electrons. The summed E-state index contributed by atoms with van der Waals surface area (Å²) in [6, 6.07) is 9.80. The largest absolute Gasteiger partial charge is 0.460 e. The zero-order chi connectivity index (χ0) is 18.2. The number of carbonyl (C=O) groups is 1. The van der Waals surface area contributed by atoms with Gasteiger partial charge in [0.25, 0.3) is 0 Å². The second kappa shape index (κ2) is 9.50. The van der Waals surface area contributed by atoms with E-state index in [0.717, 1.165) is 57.1 Å². The van der Waals surface area contributed by atoms with Crippen molar-refractivity contribution < 1.29 is 9.53 Å². The van der Waals surface area contributed by atoms with E-state index in [9.17, 15) is 4.79 Å². The highest BCUT2D eigenvalue weighted by atomic mass is 16.5. The summed E-state index contributed by atoms with van der Waals surface area (Å²) in [5, 5.41) is 0. The number of nitrogens with zero attached hydrogens (tertiary/aromatic N) is 4. The van der Waals surface area contributed by atoms with Crippen molar-refractivity contribution in [2.24, 2.45) is 0 Å². The number of benzene rings is 1. The van der Waals surface area contributed by atoms with E-state index in [1.54, 1.807) is 0 Å². The molecule has 0 atom stereocenters. The van der Waals surface area contributed by atoms with Crippen LogP contribution in [0.4, 0.5) is 0 Å². The van der Waals surface area contributed by atoms with Gasteiger partial charge >= 0.3 is 5.97 Å². The third-order valence-corrected chi connectivity index (χ3v) is 4.84. The van der Waals surface area contributed by atoms with Crippen molar-refractivity contribution in [3.8, 4) is 0 Å². The van der Waals surface area contributed by atoms with Gasteiger partial charge in [-0.2, -0.15) is 0 Å². The molecule has 3 rings (SSSR count). The van der Waals surface area contributed by atoms with E-state index in [1.807, 2.05) is 36.5 Å². The lowest BCUT2D eigenvalue weighted by Crippen LogP contribution is -2.48. The Morgan fingerprint density at radius 1 is 1.08 bits per heavy atom. The van der Waals surface area contributed by atoms with Gasteiger partial charge in [-0.15, -0.1) is 0 Å². The predicted molar refractivity (Wildman–Crippen MR) is 101 cm³/mol. The van der Waals surface area contributed by atoms with E-state index in [1.165, 1.54) is 0 Å². The Balaban J connectivity index is 1.34. The average Bonchev–Trinajstić information content (AvgIpc) is 3.14. The predicted octanol–water partition coefficient (Wildman–Crippen LogP) is 1.81. The molecule has 0 amide bonds. The first-order valence-corrected chi connectivity index (χ1v) is 9.39. The Morgan fingerprint density at radius 3 is 2.54 bits per heavy atom. The average molecular weight is 356 g/mol.